The van der Waals surface area contributed by atoms with Crippen LogP contribution in [-0.4, -0.2) is 32.3 Å². The first-order chi connectivity index (χ1) is 9.10. The highest BCUT2D eigenvalue weighted by Crippen LogP contribution is 2.28. The Bertz CT molecular complexity index is 423. The van der Waals surface area contributed by atoms with Crippen LogP contribution in [0.2, 0.25) is 5.02 Å². The van der Waals surface area contributed by atoms with Gasteiger partial charge in [-0.05, 0) is 24.1 Å². The topological polar surface area (TPSA) is 24.5 Å². The van der Waals surface area contributed by atoms with Crippen molar-refractivity contribution in [1.29, 1.82) is 0 Å². The molecule has 1 aliphatic heterocycles. The van der Waals surface area contributed by atoms with Crippen molar-refractivity contribution < 1.29 is 4.74 Å². The number of hydrogen-bond donors (Lipinski definition) is 1. The largest absolute Gasteiger partial charge is 0.380 e. The van der Waals surface area contributed by atoms with Crippen LogP contribution < -0.4 is 10.2 Å². The maximum atomic E-state index is 6.15. The summed E-state index contributed by atoms with van der Waals surface area (Å²) in [5.41, 5.74) is 2.54. The molecule has 3 nitrogen and oxygen atoms in total. The van der Waals surface area contributed by atoms with E-state index in [9.17, 15) is 0 Å². The number of nitrogens with one attached hydrogen (secondary N) is 1. The molecule has 1 aromatic carbocycles. The summed E-state index contributed by atoms with van der Waals surface area (Å²) in [4.78, 5) is 2.37. The van der Waals surface area contributed by atoms with Gasteiger partial charge in [0.05, 0.1) is 6.10 Å². The zero-order chi connectivity index (χ0) is 13.8. The summed E-state index contributed by atoms with van der Waals surface area (Å²) in [6.07, 6.45) is 1.42. The normalized spacial score (nSPS) is 19.4. The third-order valence-corrected chi connectivity index (χ3v) is 3.80. The number of anilines is 1. The maximum Gasteiger partial charge on any atom is 0.0762 e. The molecule has 2 rings (SSSR count). The lowest BCUT2D eigenvalue weighted by Crippen LogP contribution is -2.26. The van der Waals surface area contributed by atoms with Gasteiger partial charge in [0.25, 0.3) is 0 Å². The minimum Gasteiger partial charge on any atom is -0.380 e. The molecule has 0 radical (unpaired) electrons. The summed E-state index contributed by atoms with van der Waals surface area (Å²) in [5.74, 6) is 0. The number of rotatable bonds is 5. The molecule has 1 unspecified atom stereocenters. The van der Waals surface area contributed by atoms with Crippen molar-refractivity contribution >= 4 is 17.3 Å². The molecule has 0 spiro atoms. The Labute approximate surface area is 120 Å². The van der Waals surface area contributed by atoms with Gasteiger partial charge in [-0.3, -0.25) is 0 Å². The molecule has 1 aromatic rings. The van der Waals surface area contributed by atoms with E-state index in [4.69, 9.17) is 16.3 Å². The van der Waals surface area contributed by atoms with Gasteiger partial charge in [-0.25, -0.2) is 0 Å². The highest BCUT2D eigenvalue weighted by molar-refractivity contribution is 6.30. The van der Waals surface area contributed by atoms with Crippen LogP contribution in [-0.2, 0) is 11.3 Å². The lowest BCUT2D eigenvalue weighted by molar-refractivity contribution is 0.121. The number of methoxy groups -OCH3 is 1. The molecule has 19 heavy (non-hydrogen) atoms. The Morgan fingerprint density at radius 2 is 2.26 bits per heavy atom. The first kappa shape index (κ1) is 14.6. The monoisotopic (exact) mass is 282 g/mol. The van der Waals surface area contributed by atoms with E-state index in [1.165, 1.54) is 11.3 Å². The van der Waals surface area contributed by atoms with Crippen LogP contribution in [0.3, 0.4) is 0 Å². The Kier molecular flexibility index (Phi) is 5.08. The van der Waals surface area contributed by atoms with Crippen LogP contribution in [0.5, 0.6) is 0 Å². The molecule has 106 valence electrons. The van der Waals surface area contributed by atoms with Crippen molar-refractivity contribution in [2.45, 2.75) is 39.0 Å². The molecule has 1 fully saturated rings. The first-order valence-corrected chi connectivity index (χ1v) is 7.27. The smallest absolute Gasteiger partial charge is 0.0762 e. The minimum absolute atomic E-state index is 0.338. The number of nitrogens with zero attached hydrogens (tertiary/aromatic N) is 1. The zero-order valence-corrected chi connectivity index (χ0v) is 12.7. The van der Waals surface area contributed by atoms with Crippen molar-refractivity contribution in [3.05, 3.63) is 28.8 Å². The highest BCUT2D eigenvalue weighted by Gasteiger charge is 2.24. The molecule has 1 aliphatic rings. The lowest BCUT2D eigenvalue weighted by Gasteiger charge is -2.23. The zero-order valence-electron chi connectivity index (χ0n) is 11.9. The molecule has 1 saturated heterocycles. The van der Waals surface area contributed by atoms with Gasteiger partial charge in [0.1, 0.15) is 0 Å². The highest BCUT2D eigenvalue weighted by atomic mass is 35.5. The van der Waals surface area contributed by atoms with Gasteiger partial charge >= 0.3 is 0 Å². The second-order valence-corrected chi connectivity index (χ2v) is 5.84. The number of halogens is 1. The van der Waals surface area contributed by atoms with E-state index in [1.807, 2.05) is 6.07 Å². The van der Waals surface area contributed by atoms with E-state index in [-0.39, 0.29) is 0 Å². The molecule has 1 N–H and O–H groups in total. The molecule has 4 heteroatoms. The molecular formula is C15H23ClN2O. The second-order valence-electron chi connectivity index (χ2n) is 5.40. The predicted octanol–water partition coefficient (Wildman–Crippen LogP) is 3.06. The van der Waals surface area contributed by atoms with E-state index < -0.39 is 0 Å². The molecule has 1 atom stereocenters. The summed E-state index contributed by atoms with van der Waals surface area (Å²) < 4.78 is 5.44. The van der Waals surface area contributed by atoms with Crippen LogP contribution in [0.4, 0.5) is 5.69 Å². The summed E-state index contributed by atoms with van der Waals surface area (Å²) in [7, 11) is 1.79. The lowest BCUT2D eigenvalue weighted by atomic mass is 10.1. The third kappa shape index (κ3) is 3.85. The predicted molar refractivity (Wildman–Crippen MR) is 81.1 cm³/mol. The minimum atomic E-state index is 0.338. The van der Waals surface area contributed by atoms with E-state index in [0.717, 1.165) is 31.1 Å². The SMILES string of the molecule is COC1CCN(c2cc(Cl)ccc2CNC(C)C)C1. The average molecular weight is 283 g/mol. The molecule has 0 bridgehead atoms. The number of ether oxygens (including phenoxy) is 1. The van der Waals surface area contributed by atoms with Gasteiger partial charge < -0.3 is 15.0 Å². The first-order valence-electron chi connectivity index (χ1n) is 6.89. The van der Waals surface area contributed by atoms with Crippen molar-refractivity contribution in [1.82, 2.24) is 5.32 Å². The van der Waals surface area contributed by atoms with E-state index >= 15 is 0 Å². The fourth-order valence-corrected chi connectivity index (χ4v) is 2.60. The van der Waals surface area contributed by atoms with Crippen LogP contribution >= 0.6 is 11.6 Å². The summed E-state index contributed by atoms with van der Waals surface area (Å²) in [6.45, 7) is 7.18. The van der Waals surface area contributed by atoms with Gasteiger partial charge in [-0.2, -0.15) is 0 Å². The quantitative estimate of drug-likeness (QED) is 0.898. The Hall–Kier alpha value is -0.770. The second kappa shape index (κ2) is 6.60. The Morgan fingerprint density at radius 1 is 1.47 bits per heavy atom. The van der Waals surface area contributed by atoms with Crippen LogP contribution in [0, 0.1) is 0 Å². The van der Waals surface area contributed by atoms with E-state index in [1.54, 1.807) is 7.11 Å². The molecule has 0 amide bonds. The van der Waals surface area contributed by atoms with Gasteiger partial charge in [-0.15, -0.1) is 0 Å². The fraction of sp³-hybridized carbons (Fsp3) is 0.600. The van der Waals surface area contributed by atoms with E-state index in [2.05, 4.69) is 36.2 Å². The van der Waals surface area contributed by atoms with Crippen molar-refractivity contribution in [3.63, 3.8) is 0 Å². The molecular weight excluding hydrogens is 260 g/mol. The fourth-order valence-electron chi connectivity index (χ4n) is 2.43. The van der Waals surface area contributed by atoms with Crippen molar-refractivity contribution in [2.24, 2.45) is 0 Å². The molecule has 1 heterocycles. The molecule has 0 saturated carbocycles. The van der Waals surface area contributed by atoms with Gasteiger partial charge in [0, 0.05) is 43.5 Å². The van der Waals surface area contributed by atoms with Crippen molar-refractivity contribution in [2.75, 3.05) is 25.1 Å². The van der Waals surface area contributed by atoms with Crippen LogP contribution in [0.25, 0.3) is 0 Å². The molecule has 0 aliphatic carbocycles. The van der Waals surface area contributed by atoms with Gasteiger partial charge in [0.2, 0.25) is 0 Å². The number of hydrogen-bond acceptors (Lipinski definition) is 3. The van der Waals surface area contributed by atoms with Crippen LogP contribution in [0.1, 0.15) is 25.8 Å². The van der Waals surface area contributed by atoms with Crippen molar-refractivity contribution in [3.8, 4) is 0 Å². The standard InChI is InChI=1S/C15H23ClN2O/c1-11(2)17-9-12-4-5-13(16)8-15(12)18-7-6-14(10-18)19-3/h4-5,8,11,14,17H,6-7,9-10H2,1-3H3. The summed E-state index contributed by atoms with van der Waals surface area (Å²) in [5, 5.41) is 4.26. The number of benzene rings is 1. The third-order valence-electron chi connectivity index (χ3n) is 3.57. The van der Waals surface area contributed by atoms with Gasteiger partial charge in [0.15, 0.2) is 0 Å². The van der Waals surface area contributed by atoms with Crippen LogP contribution in [0.15, 0.2) is 18.2 Å². The summed E-state index contributed by atoms with van der Waals surface area (Å²) >= 11 is 6.15. The van der Waals surface area contributed by atoms with E-state index in [0.29, 0.717) is 12.1 Å². The maximum absolute atomic E-state index is 6.15. The Balaban J connectivity index is 2.15. The Morgan fingerprint density at radius 3 is 2.89 bits per heavy atom. The average Bonchev–Trinajstić information content (AvgIpc) is 2.85. The molecule has 0 aromatic heterocycles. The summed E-state index contributed by atoms with van der Waals surface area (Å²) in [6, 6.07) is 6.63. The van der Waals surface area contributed by atoms with Gasteiger partial charge in [-0.1, -0.05) is 31.5 Å².